The molecule has 0 saturated carbocycles. The molecule has 8 nitrogen and oxygen atoms in total. The highest BCUT2D eigenvalue weighted by molar-refractivity contribution is 6.10. The summed E-state index contributed by atoms with van der Waals surface area (Å²) in [5.41, 5.74) is 2.91. The van der Waals surface area contributed by atoms with Crippen LogP contribution in [0.2, 0.25) is 0 Å². The number of carbonyl (C=O) groups is 1. The average Bonchev–Trinajstić information content (AvgIpc) is 3.47. The van der Waals surface area contributed by atoms with E-state index in [0.29, 0.717) is 28.2 Å². The molecule has 5 rings (SSSR count). The van der Waals surface area contributed by atoms with E-state index in [-0.39, 0.29) is 11.3 Å². The molecule has 0 radical (unpaired) electrons. The fraction of sp³-hybridized carbons (Fsp3) is 0.0667. The van der Waals surface area contributed by atoms with Gasteiger partial charge in [0.05, 0.1) is 22.8 Å². The summed E-state index contributed by atoms with van der Waals surface area (Å²) in [6.45, 7) is 1.71. The molecule has 9 heteroatoms. The third kappa shape index (κ3) is 4.91. The van der Waals surface area contributed by atoms with Gasteiger partial charge >= 0.3 is 0 Å². The molecule has 0 unspecified atom stereocenters. The lowest BCUT2D eigenvalue weighted by Gasteiger charge is -2.07. The molecule has 0 saturated heterocycles. The Morgan fingerprint density at radius 3 is 2.21 bits per heavy atom. The van der Waals surface area contributed by atoms with Gasteiger partial charge in [-0.15, -0.1) is 0 Å². The molecule has 3 aromatic carbocycles. The Labute approximate surface area is 223 Å². The Balaban J connectivity index is 1.54. The van der Waals surface area contributed by atoms with Gasteiger partial charge in [-0.3, -0.25) is 14.3 Å². The fourth-order valence-electron chi connectivity index (χ4n) is 4.24. The molecule has 0 fully saturated rings. The van der Waals surface area contributed by atoms with Crippen molar-refractivity contribution in [3.8, 4) is 28.7 Å². The Kier molecular flexibility index (Phi) is 6.76. The summed E-state index contributed by atoms with van der Waals surface area (Å²) in [6.07, 6.45) is 3.10. The van der Waals surface area contributed by atoms with Crippen LogP contribution in [0.5, 0.6) is 0 Å². The summed E-state index contributed by atoms with van der Waals surface area (Å²) in [5.74, 6) is -1.13. The van der Waals surface area contributed by atoms with Crippen molar-refractivity contribution < 1.29 is 9.18 Å². The molecule has 2 heterocycles. The number of nitrogens with one attached hydrogen (secondary N) is 1. The van der Waals surface area contributed by atoms with E-state index < -0.39 is 17.3 Å². The molecular formula is C30H23FN6O2. The number of para-hydroxylation sites is 2. The van der Waals surface area contributed by atoms with Crippen LogP contribution < -0.4 is 10.9 Å². The van der Waals surface area contributed by atoms with Crippen molar-refractivity contribution in [1.82, 2.24) is 19.1 Å². The highest BCUT2D eigenvalue weighted by Crippen LogP contribution is 2.26. The van der Waals surface area contributed by atoms with E-state index in [0.717, 1.165) is 5.69 Å². The highest BCUT2D eigenvalue weighted by Gasteiger charge is 2.21. The van der Waals surface area contributed by atoms with Gasteiger partial charge in [0.1, 0.15) is 23.1 Å². The lowest BCUT2D eigenvalue weighted by molar-refractivity contribution is -0.112. The van der Waals surface area contributed by atoms with Crippen LogP contribution >= 0.6 is 0 Å². The Bertz CT molecular complexity index is 1790. The molecule has 0 aliphatic rings. The number of hydrogen-bond acceptors (Lipinski definition) is 4. The fourth-order valence-corrected chi connectivity index (χ4v) is 4.24. The molecule has 0 aliphatic carbocycles. The van der Waals surface area contributed by atoms with E-state index in [1.807, 2.05) is 54.6 Å². The van der Waals surface area contributed by atoms with E-state index >= 15 is 0 Å². The number of nitriles is 1. The number of hydrogen-bond donors (Lipinski definition) is 1. The number of anilines is 1. The van der Waals surface area contributed by atoms with Crippen LogP contribution in [-0.4, -0.2) is 25.1 Å². The number of aromatic nitrogens is 4. The topological polar surface area (TPSA) is 97.6 Å². The molecule has 0 spiro atoms. The van der Waals surface area contributed by atoms with Crippen molar-refractivity contribution in [3.05, 3.63) is 124 Å². The van der Waals surface area contributed by atoms with E-state index in [4.69, 9.17) is 0 Å². The smallest absolute Gasteiger partial charge is 0.295 e. The lowest BCUT2D eigenvalue weighted by Crippen LogP contribution is -2.23. The Morgan fingerprint density at radius 2 is 1.59 bits per heavy atom. The van der Waals surface area contributed by atoms with Crippen molar-refractivity contribution in [2.45, 2.75) is 6.92 Å². The molecular weight excluding hydrogens is 495 g/mol. The van der Waals surface area contributed by atoms with E-state index in [1.165, 1.54) is 22.9 Å². The monoisotopic (exact) mass is 518 g/mol. The average molecular weight is 519 g/mol. The van der Waals surface area contributed by atoms with Crippen LogP contribution in [0.15, 0.2) is 101 Å². The van der Waals surface area contributed by atoms with Crippen LogP contribution in [0, 0.1) is 24.1 Å². The number of amides is 1. The van der Waals surface area contributed by atoms with Crippen molar-refractivity contribution in [1.29, 1.82) is 5.26 Å². The van der Waals surface area contributed by atoms with Crippen LogP contribution in [0.1, 0.15) is 11.3 Å². The van der Waals surface area contributed by atoms with Crippen molar-refractivity contribution in [3.63, 3.8) is 0 Å². The summed E-state index contributed by atoms with van der Waals surface area (Å²) in [5, 5.41) is 17.2. The summed E-state index contributed by atoms with van der Waals surface area (Å²) in [7, 11) is 1.72. The van der Waals surface area contributed by atoms with Crippen molar-refractivity contribution in [2.75, 3.05) is 5.32 Å². The summed E-state index contributed by atoms with van der Waals surface area (Å²) in [4.78, 5) is 26.5. The molecule has 2 aromatic heterocycles. The predicted molar refractivity (Wildman–Crippen MR) is 147 cm³/mol. The first-order valence-corrected chi connectivity index (χ1v) is 12.1. The zero-order valence-corrected chi connectivity index (χ0v) is 21.2. The van der Waals surface area contributed by atoms with Gasteiger partial charge in [0.25, 0.3) is 11.5 Å². The zero-order valence-electron chi connectivity index (χ0n) is 21.2. The molecule has 39 heavy (non-hydrogen) atoms. The van der Waals surface area contributed by atoms with Crippen LogP contribution in [0.4, 0.5) is 10.1 Å². The minimum absolute atomic E-state index is 0.0752. The van der Waals surface area contributed by atoms with Gasteiger partial charge < -0.3 is 5.32 Å². The van der Waals surface area contributed by atoms with Gasteiger partial charge in [-0.05, 0) is 61.5 Å². The summed E-state index contributed by atoms with van der Waals surface area (Å²) >= 11 is 0. The van der Waals surface area contributed by atoms with E-state index in [2.05, 4.69) is 10.4 Å². The lowest BCUT2D eigenvalue weighted by atomic mass is 10.1. The third-order valence-corrected chi connectivity index (χ3v) is 6.34. The van der Waals surface area contributed by atoms with Crippen LogP contribution in [0.3, 0.4) is 0 Å². The molecule has 192 valence electrons. The van der Waals surface area contributed by atoms with Crippen molar-refractivity contribution in [2.24, 2.45) is 7.05 Å². The second-order valence-corrected chi connectivity index (χ2v) is 8.78. The summed E-state index contributed by atoms with van der Waals surface area (Å²) < 4.78 is 18.3. The van der Waals surface area contributed by atoms with Gasteiger partial charge in [-0.2, -0.15) is 10.4 Å². The normalized spacial score (nSPS) is 11.3. The minimum atomic E-state index is -0.735. The molecule has 1 amide bonds. The Morgan fingerprint density at radius 1 is 0.974 bits per heavy atom. The molecule has 0 bridgehead atoms. The first-order chi connectivity index (χ1) is 18.9. The van der Waals surface area contributed by atoms with Gasteiger partial charge in [-0.1, -0.05) is 36.4 Å². The first-order valence-electron chi connectivity index (χ1n) is 12.1. The maximum absolute atomic E-state index is 13.6. The SMILES string of the molecule is Cc1c(NC(=O)/C(C#N)=C/c2cn(-c3ccccc3)nc2-c2ccc(F)cc2)c(=O)n(-c2ccccc2)n1C. The minimum Gasteiger partial charge on any atom is -0.315 e. The summed E-state index contributed by atoms with van der Waals surface area (Å²) in [6, 6.07) is 26.1. The number of rotatable bonds is 6. The van der Waals surface area contributed by atoms with E-state index in [9.17, 15) is 19.2 Å². The maximum Gasteiger partial charge on any atom is 0.295 e. The van der Waals surface area contributed by atoms with Gasteiger partial charge in [0.15, 0.2) is 0 Å². The number of nitrogens with zero attached hydrogens (tertiary/aromatic N) is 5. The zero-order chi connectivity index (χ0) is 27.5. The molecule has 5 aromatic rings. The van der Waals surface area contributed by atoms with Gasteiger partial charge in [-0.25, -0.2) is 13.8 Å². The Hall–Kier alpha value is -5.49. The molecule has 1 N–H and O–H groups in total. The van der Waals surface area contributed by atoms with Crippen LogP contribution in [0.25, 0.3) is 28.7 Å². The van der Waals surface area contributed by atoms with Crippen LogP contribution in [-0.2, 0) is 11.8 Å². The second-order valence-electron chi connectivity index (χ2n) is 8.78. The molecule has 0 atom stereocenters. The quantitative estimate of drug-likeness (QED) is 0.252. The first kappa shape index (κ1) is 25.2. The number of carbonyl (C=O) groups excluding carboxylic acids is 1. The van der Waals surface area contributed by atoms with Gasteiger partial charge in [0, 0.05) is 24.4 Å². The number of benzene rings is 3. The highest BCUT2D eigenvalue weighted by atomic mass is 19.1. The predicted octanol–water partition coefficient (Wildman–Crippen LogP) is 5.02. The standard InChI is InChI=1S/C30H23FN6O2/c1-20-27(30(39)37(35(20)2)26-11-7-4-8-12-26)33-29(38)22(18-32)17-23-19-36(25-9-5-3-6-10-25)34-28(23)21-13-15-24(31)16-14-21/h3-17,19H,1-2H3,(H,33,38)/b22-17+. The number of halogens is 1. The van der Waals surface area contributed by atoms with E-state index in [1.54, 1.807) is 53.8 Å². The largest absolute Gasteiger partial charge is 0.315 e. The van der Waals surface area contributed by atoms with Crippen molar-refractivity contribution >= 4 is 17.7 Å². The third-order valence-electron chi connectivity index (χ3n) is 6.34. The maximum atomic E-state index is 13.6. The molecule has 0 aliphatic heterocycles. The van der Waals surface area contributed by atoms with Gasteiger partial charge in [0.2, 0.25) is 0 Å². The second kappa shape index (κ2) is 10.5.